The van der Waals surface area contributed by atoms with E-state index in [0.717, 1.165) is 17.7 Å². The maximum Gasteiger partial charge on any atom is 0.119 e. The van der Waals surface area contributed by atoms with Crippen molar-refractivity contribution in [2.24, 2.45) is 5.73 Å². The maximum absolute atomic E-state index is 5.98. The highest BCUT2D eigenvalue weighted by Crippen LogP contribution is 2.19. The zero-order valence-electron chi connectivity index (χ0n) is 11.6. The van der Waals surface area contributed by atoms with Crippen LogP contribution >= 0.6 is 0 Å². The third-order valence-corrected chi connectivity index (χ3v) is 3.27. The average Bonchev–Trinajstić information content (AvgIpc) is 2.46. The molecule has 19 heavy (non-hydrogen) atoms. The summed E-state index contributed by atoms with van der Waals surface area (Å²) < 4.78 is 5.76. The highest BCUT2D eigenvalue weighted by Gasteiger charge is 2.03. The van der Waals surface area contributed by atoms with Crippen molar-refractivity contribution in [1.82, 2.24) is 0 Å². The van der Waals surface area contributed by atoms with Gasteiger partial charge in [-0.25, -0.2) is 0 Å². The Bertz CT molecular complexity index is 502. The Morgan fingerprint density at radius 3 is 2.21 bits per heavy atom. The standard InChI is InChI=1S/C17H21NO/c1-3-17(18)15-8-10-16(11-9-15)19-12-14-6-4-13(2)5-7-14/h4-11,17H,3,12,18H2,1-2H3/t17-/m1/s1. The molecule has 100 valence electrons. The van der Waals surface area contributed by atoms with E-state index < -0.39 is 0 Å². The molecule has 0 saturated heterocycles. The fourth-order valence-electron chi connectivity index (χ4n) is 1.90. The molecule has 2 heteroatoms. The highest BCUT2D eigenvalue weighted by atomic mass is 16.5. The normalized spacial score (nSPS) is 12.2. The molecule has 0 aliphatic heterocycles. The topological polar surface area (TPSA) is 35.2 Å². The van der Waals surface area contributed by atoms with Crippen molar-refractivity contribution in [3.63, 3.8) is 0 Å². The Hall–Kier alpha value is -1.80. The van der Waals surface area contributed by atoms with E-state index in [9.17, 15) is 0 Å². The Balaban J connectivity index is 1.94. The Kier molecular flexibility index (Phi) is 4.58. The largest absolute Gasteiger partial charge is 0.489 e. The molecule has 2 aromatic carbocycles. The molecule has 2 aromatic rings. The van der Waals surface area contributed by atoms with E-state index >= 15 is 0 Å². The fourth-order valence-corrected chi connectivity index (χ4v) is 1.90. The lowest BCUT2D eigenvalue weighted by Crippen LogP contribution is -2.08. The van der Waals surface area contributed by atoms with Crippen LogP contribution in [0.1, 0.15) is 36.1 Å². The fraction of sp³-hybridized carbons (Fsp3) is 0.294. The number of ether oxygens (including phenoxy) is 1. The number of benzene rings is 2. The first-order valence-corrected chi connectivity index (χ1v) is 6.73. The summed E-state index contributed by atoms with van der Waals surface area (Å²) in [6.07, 6.45) is 0.948. The molecule has 1 atom stereocenters. The second-order valence-corrected chi connectivity index (χ2v) is 4.86. The summed E-state index contributed by atoms with van der Waals surface area (Å²) in [5.74, 6) is 0.882. The third kappa shape index (κ3) is 3.83. The summed E-state index contributed by atoms with van der Waals surface area (Å²) >= 11 is 0. The van der Waals surface area contributed by atoms with Crippen molar-refractivity contribution < 1.29 is 4.74 Å². The van der Waals surface area contributed by atoms with Crippen LogP contribution in [-0.4, -0.2) is 0 Å². The van der Waals surface area contributed by atoms with Gasteiger partial charge in [-0.05, 0) is 36.6 Å². The Morgan fingerprint density at radius 1 is 1.00 bits per heavy atom. The summed E-state index contributed by atoms with van der Waals surface area (Å²) in [5, 5.41) is 0. The van der Waals surface area contributed by atoms with Gasteiger partial charge in [0.2, 0.25) is 0 Å². The molecule has 0 aliphatic rings. The number of hydrogen-bond donors (Lipinski definition) is 1. The predicted octanol–water partition coefficient (Wildman–Crippen LogP) is 3.98. The minimum atomic E-state index is 0.117. The van der Waals surface area contributed by atoms with E-state index in [0.29, 0.717) is 6.61 Å². The van der Waals surface area contributed by atoms with E-state index in [1.54, 1.807) is 0 Å². The number of nitrogens with two attached hydrogens (primary N) is 1. The van der Waals surface area contributed by atoms with Crippen LogP contribution in [0.3, 0.4) is 0 Å². The molecule has 0 amide bonds. The quantitative estimate of drug-likeness (QED) is 0.877. The van der Waals surface area contributed by atoms with E-state index in [1.165, 1.54) is 11.1 Å². The van der Waals surface area contributed by atoms with Crippen molar-refractivity contribution >= 4 is 0 Å². The van der Waals surface area contributed by atoms with E-state index in [-0.39, 0.29) is 6.04 Å². The van der Waals surface area contributed by atoms with Gasteiger partial charge >= 0.3 is 0 Å². The second-order valence-electron chi connectivity index (χ2n) is 4.86. The third-order valence-electron chi connectivity index (χ3n) is 3.27. The second kappa shape index (κ2) is 6.39. The predicted molar refractivity (Wildman–Crippen MR) is 79.2 cm³/mol. The first-order valence-electron chi connectivity index (χ1n) is 6.73. The van der Waals surface area contributed by atoms with Crippen LogP contribution in [-0.2, 0) is 6.61 Å². The minimum absolute atomic E-state index is 0.117. The molecule has 2 rings (SSSR count). The van der Waals surface area contributed by atoms with E-state index in [1.807, 2.05) is 24.3 Å². The molecule has 0 unspecified atom stereocenters. The summed E-state index contributed by atoms with van der Waals surface area (Å²) in [4.78, 5) is 0. The van der Waals surface area contributed by atoms with Gasteiger partial charge < -0.3 is 10.5 Å². The van der Waals surface area contributed by atoms with Gasteiger partial charge in [-0.3, -0.25) is 0 Å². The van der Waals surface area contributed by atoms with Crippen molar-refractivity contribution in [3.05, 3.63) is 65.2 Å². The van der Waals surface area contributed by atoms with Gasteiger partial charge in [0.15, 0.2) is 0 Å². The number of aryl methyl sites for hydroxylation is 1. The molecule has 0 heterocycles. The average molecular weight is 255 g/mol. The highest BCUT2D eigenvalue weighted by molar-refractivity contribution is 5.29. The molecule has 0 spiro atoms. The SMILES string of the molecule is CC[C@@H](N)c1ccc(OCc2ccc(C)cc2)cc1. The van der Waals surface area contributed by atoms with Crippen LogP contribution in [0.5, 0.6) is 5.75 Å². The Morgan fingerprint density at radius 2 is 1.63 bits per heavy atom. The van der Waals surface area contributed by atoms with Crippen LogP contribution in [0.4, 0.5) is 0 Å². The van der Waals surface area contributed by atoms with Gasteiger partial charge in [-0.15, -0.1) is 0 Å². The van der Waals surface area contributed by atoms with E-state index in [4.69, 9.17) is 10.5 Å². The molecular weight excluding hydrogens is 234 g/mol. The van der Waals surface area contributed by atoms with Crippen molar-refractivity contribution in [1.29, 1.82) is 0 Å². The van der Waals surface area contributed by atoms with Gasteiger partial charge in [-0.1, -0.05) is 48.9 Å². The molecular formula is C17H21NO. The van der Waals surface area contributed by atoms with Crippen LogP contribution in [0.15, 0.2) is 48.5 Å². The van der Waals surface area contributed by atoms with Crippen molar-refractivity contribution in [2.45, 2.75) is 32.9 Å². The first kappa shape index (κ1) is 13.6. The lowest BCUT2D eigenvalue weighted by atomic mass is 10.1. The zero-order valence-corrected chi connectivity index (χ0v) is 11.6. The van der Waals surface area contributed by atoms with Gasteiger partial charge in [0.1, 0.15) is 12.4 Å². The van der Waals surface area contributed by atoms with Crippen molar-refractivity contribution in [2.75, 3.05) is 0 Å². The minimum Gasteiger partial charge on any atom is -0.489 e. The van der Waals surface area contributed by atoms with Gasteiger partial charge in [0, 0.05) is 6.04 Å². The number of rotatable bonds is 5. The molecule has 0 bridgehead atoms. The van der Waals surface area contributed by atoms with Crippen molar-refractivity contribution in [3.8, 4) is 5.75 Å². The van der Waals surface area contributed by atoms with Gasteiger partial charge in [-0.2, -0.15) is 0 Å². The molecule has 0 saturated carbocycles. The summed E-state index contributed by atoms with van der Waals surface area (Å²) in [7, 11) is 0. The molecule has 2 N–H and O–H groups in total. The molecule has 0 aliphatic carbocycles. The molecule has 0 fully saturated rings. The van der Waals surface area contributed by atoms with Gasteiger partial charge in [0.25, 0.3) is 0 Å². The monoisotopic (exact) mass is 255 g/mol. The van der Waals surface area contributed by atoms with Crippen LogP contribution in [0.2, 0.25) is 0 Å². The van der Waals surface area contributed by atoms with Crippen LogP contribution in [0, 0.1) is 6.92 Å². The smallest absolute Gasteiger partial charge is 0.119 e. The lowest BCUT2D eigenvalue weighted by molar-refractivity contribution is 0.306. The number of hydrogen-bond acceptors (Lipinski definition) is 2. The Labute approximate surface area is 115 Å². The lowest BCUT2D eigenvalue weighted by Gasteiger charge is -2.11. The zero-order chi connectivity index (χ0) is 13.7. The molecule has 0 aromatic heterocycles. The van der Waals surface area contributed by atoms with Crippen LogP contribution < -0.4 is 10.5 Å². The summed E-state index contributed by atoms with van der Waals surface area (Å²) in [6, 6.07) is 16.6. The van der Waals surface area contributed by atoms with Gasteiger partial charge in [0.05, 0.1) is 0 Å². The molecule has 0 radical (unpaired) electrons. The first-order chi connectivity index (χ1) is 9.19. The summed E-state index contributed by atoms with van der Waals surface area (Å²) in [6.45, 7) is 4.77. The van der Waals surface area contributed by atoms with E-state index in [2.05, 4.69) is 38.1 Å². The maximum atomic E-state index is 5.98. The molecule has 2 nitrogen and oxygen atoms in total. The summed E-state index contributed by atoms with van der Waals surface area (Å²) in [5.41, 5.74) is 9.59. The van der Waals surface area contributed by atoms with Crippen LogP contribution in [0.25, 0.3) is 0 Å².